The predicted molar refractivity (Wildman–Crippen MR) is 270 cm³/mol. The van der Waals surface area contributed by atoms with E-state index in [9.17, 15) is 14.4 Å². The van der Waals surface area contributed by atoms with E-state index in [4.69, 9.17) is 14.2 Å². The molecule has 0 radical (unpaired) electrons. The molecule has 0 aromatic rings. The van der Waals surface area contributed by atoms with Crippen molar-refractivity contribution in [1.29, 1.82) is 0 Å². The van der Waals surface area contributed by atoms with Gasteiger partial charge in [0.25, 0.3) is 0 Å². The minimum absolute atomic E-state index is 0.0845. The molecule has 63 heavy (non-hydrogen) atoms. The van der Waals surface area contributed by atoms with Crippen LogP contribution in [0, 0.1) is 0 Å². The second kappa shape index (κ2) is 52.0. The van der Waals surface area contributed by atoms with Crippen LogP contribution < -0.4 is 0 Å². The lowest BCUT2D eigenvalue weighted by Crippen LogP contribution is -2.30. The van der Waals surface area contributed by atoms with Gasteiger partial charge in [0, 0.05) is 19.3 Å². The molecule has 0 bridgehead atoms. The van der Waals surface area contributed by atoms with E-state index in [1.54, 1.807) is 0 Å². The third kappa shape index (κ3) is 50.2. The van der Waals surface area contributed by atoms with Crippen LogP contribution in [0.1, 0.15) is 278 Å². The van der Waals surface area contributed by atoms with Crippen LogP contribution in [-0.2, 0) is 28.6 Å². The minimum atomic E-state index is -0.786. The van der Waals surface area contributed by atoms with E-state index >= 15 is 0 Å². The van der Waals surface area contributed by atoms with E-state index in [2.05, 4.69) is 69.4 Å². The van der Waals surface area contributed by atoms with Gasteiger partial charge in [-0.2, -0.15) is 0 Å². The van der Waals surface area contributed by atoms with Crippen LogP contribution in [0.2, 0.25) is 0 Å². The second-order valence-corrected chi connectivity index (χ2v) is 18.2. The quantitative estimate of drug-likeness (QED) is 0.0199. The number of esters is 3. The van der Waals surface area contributed by atoms with Crippen LogP contribution >= 0.6 is 0 Å². The molecule has 0 heterocycles. The Morgan fingerprint density at radius 1 is 0.317 bits per heavy atom. The van der Waals surface area contributed by atoms with Crippen molar-refractivity contribution in [3.63, 3.8) is 0 Å². The molecule has 0 saturated heterocycles. The third-order valence-electron chi connectivity index (χ3n) is 11.8. The summed E-state index contributed by atoms with van der Waals surface area (Å²) in [5.41, 5.74) is 0. The van der Waals surface area contributed by atoms with Crippen molar-refractivity contribution < 1.29 is 28.6 Å². The van der Waals surface area contributed by atoms with Crippen molar-refractivity contribution in [2.75, 3.05) is 13.2 Å². The van der Waals surface area contributed by atoms with Gasteiger partial charge in [-0.15, -0.1) is 0 Å². The van der Waals surface area contributed by atoms with Crippen LogP contribution in [0.5, 0.6) is 0 Å². The number of hydrogen-bond donors (Lipinski definition) is 0. The monoisotopic (exact) mass is 883 g/mol. The van der Waals surface area contributed by atoms with Gasteiger partial charge in [-0.25, -0.2) is 0 Å². The van der Waals surface area contributed by atoms with Crippen LogP contribution in [0.3, 0.4) is 0 Å². The van der Waals surface area contributed by atoms with Gasteiger partial charge in [-0.1, -0.05) is 211 Å². The molecular formula is C57H102O6. The Labute approximate surface area is 390 Å². The van der Waals surface area contributed by atoms with Gasteiger partial charge >= 0.3 is 17.9 Å². The molecule has 0 rings (SSSR count). The first kappa shape index (κ1) is 60.4. The van der Waals surface area contributed by atoms with E-state index < -0.39 is 6.10 Å². The van der Waals surface area contributed by atoms with Crippen molar-refractivity contribution >= 4 is 17.9 Å². The first-order chi connectivity index (χ1) is 31.0. The largest absolute Gasteiger partial charge is 0.462 e. The van der Waals surface area contributed by atoms with Gasteiger partial charge in [-0.05, 0) is 96.3 Å². The number of rotatable bonds is 49. The molecule has 366 valence electrons. The zero-order valence-corrected chi connectivity index (χ0v) is 41.8. The van der Waals surface area contributed by atoms with Crippen molar-refractivity contribution in [3.8, 4) is 0 Å². The topological polar surface area (TPSA) is 78.9 Å². The molecule has 0 N–H and O–H groups in total. The average molecular weight is 883 g/mol. The molecule has 0 aliphatic carbocycles. The Balaban J connectivity index is 4.36. The van der Waals surface area contributed by atoms with Crippen LogP contribution in [0.15, 0.2) is 48.6 Å². The average Bonchev–Trinajstić information content (AvgIpc) is 3.28. The Hall–Kier alpha value is -2.63. The van der Waals surface area contributed by atoms with Gasteiger partial charge in [0.2, 0.25) is 0 Å². The lowest BCUT2D eigenvalue weighted by Gasteiger charge is -2.18. The Morgan fingerprint density at radius 2 is 0.571 bits per heavy atom. The maximum Gasteiger partial charge on any atom is 0.306 e. The summed E-state index contributed by atoms with van der Waals surface area (Å²) in [6, 6.07) is 0. The summed E-state index contributed by atoms with van der Waals surface area (Å²) >= 11 is 0. The van der Waals surface area contributed by atoms with Gasteiger partial charge in [0.15, 0.2) is 6.10 Å². The van der Waals surface area contributed by atoms with Crippen molar-refractivity contribution in [3.05, 3.63) is 48.6 Å². The lowest BCUT2D eigenvalue weighted by molar-refractivity contribution is -0.167. The highest BCUT2D eigenvalue weighted by atomic mass is 16.6. The molecule has 0 saturated carbocycles. The lowest BCUT2D eigenvalue weighted by atomic mass is 10.1. The third-order valence-corrected chi connectivity index (χ3v) is 11.8. The highest BCUT2D eigenvalue weighted by Crippen LogP contribution is 2.15. The smallest absolute Gasteiger partial charge is 0.306 e. The van der Waals surface area contributed by atoms with Crippen molar-refractivity contribution in [2.45, 2.75) is 284 Å². The summed E-state index contributed by atoms with van der Waals surface area (Å²) in [6.07, 6.45) is 62.4. The highest BCUT2D eigenvalue weighted by molar-refractivity contribution is 5.71. The maximum atomic E-state index is 12.8. The molecule has 6 heteroatoms. The zero-order chi connectivity index (χ0) is 45.8. The van der Waals surface area contributed by atoms with Crippen LogP contribution in [0.4, 0.5) is 0 Å². The van der Waals surface area contributed by atoms with Gasteiger partial charge < -0.3 is 14.2 Å². The molecule has 0 aromatic carbocycles. The van der Waals surface area contributed by atoms with E-state index in [0.29, 0.717) is 19.3 Å². The van der Waals surface area contributed by atoms with Gasteiger partial charge in [0.1, 0.15) is 13.2 Å². The van der Waals surface area contributed by atoms with E-state index in [1.165, 1.54) is 154 Å². The maximum absolute atomic E-state index is 12.8. The zero-order valence-electron chi connectivity index (χ0n) is 41.8. The van der Waals surface area contributed by atoms with Gasteiger partial charge in [-0.3, -0.25) is 14.4 Å². The summed E-state index contributed by atoms with van der Waals surface area (Å²) in [5.74, 6) is -0.912. The number of carbonyl (C=O) groups is 3. The normalized spacial score (nSPS) is 12.4. The summed E-state index contributed by atoms with van der Waals surface area (Å²) in [5, 5.41) is 0. The number of allylic oxidation sites excluding steroid dienone is 8. The molecule has 0 spiro atoms. The molecule has 0 aromatic heterocycles. The second-order valence-electron chi connectivity index (χ2n) is 18.2. The summed E-state index contributed by atoms with van der Waals surface area (Å²) in [4.78, 5) is 38.0. The van der Waals surface area contributed by atoms with E-state index in [1.807, 2.05) is 0 Å². The van der Waals surface area contributed by atoms with E-state index in [0.717, 1.165) is 83.5 Å². The number of unbranched alkanes of at least 4 members (excludes halogenated alkanes) is 31. The Bertz CT molecular complexity index is 1110. The van der Waals surface area contributed by atoms with Gasteiger partial charge in [0.05, 0.1) is 0 Å². The molecule has 1 atom stereocenters. The molecule has 1 unspecified atom stereocenters. The first-order valence-corrected chi connectivity index (χ1v) is 27.2. The fourth-order valence-electron chi connectivity index (χ4n) is 7.66. The summed E-state index contributed by atoms with van der Waals surface area (Å²) < 4.78 is 16.8. The predicted octanol–water partition coefficient (Wildman–Crippen LogP) is 17.9. The molecule has 0 aliphatic rings. The number of ether oxygens (including phenoxy) is 3. The standard InChI is InChI=1S/C57H102O6/c1-4-7-10-13-16-19-22-25-26-27-28-29-30-33-35-38-41-44-47-50-56(59)62-53-54(63-57(60)51-48-45-42-39-36-32-24-21-18-15-12-9-6-3)52-61-55(58)49-46-43-40-37-34-31-23-20-17-14-11-8-5-2/h16,19,22,25,31-32,34,36,54H,4-15,17-18,20-21,23-24,26-30,33,35,37-53H2,1-3H3/b19-16-,25-22-,34-31-,36-32-. The fraction of sp³-hybridized carbons (Fsp3) is 0.807. The molecule has 0 fully saturated rings. The fourth-order valence-corrected chi connectivity index (χ4v) is 7.66. The Morgan fingerprint density at radius 3 is 0.937 bits per heavy atom. The molecule has 0 aliphatic heterocycles. The molecule has 0 amide bonds. The molecule has 6 nitrogen and oxygen atoms in total. The summed E-state index contributed by atoms with van der Waals surface area (Å²) in [7, 11) is 0. The number of carbonyl (C=O) groups excluding carboxylic acids is 3. The Kier molecular flexibility index (Phi) is 49.8. The highest BCUT2D eigenvalue weighted by Gasteiger charge is 2.19. The van der Waals surface area contributed by atoms with Crippen LogP contribution in [0.25, 0.3) is 0 Å². The summed E-state index contributed by atoms with van der Waals surface area (Å²) in [6.45, 7) is 6.58. The number of hydrogen-bond acceptors (Lipinski definition) is 6. The van der Waals surface area contributed by atoms with E-state index in [-0.39, 0.29) is 31.1 Å². The minimum Gasteiger partial charge on any atom is -0.462 e. The van der Waals surface area contributed by atoms with Crippen LogP contribution in [-0.4, -0.2) is 37.2 Å². The molecular weight excluding hydrogens is 781 g/mol. The SMILES string of the molecule is CCCCC/C=C\C=C/CCCCCCCCCCCCC(=O)OCC(COC(=O)CCCCC/C=C\CCCCCCCC)OC(=O)CCCCC/C=C\CCCCCCCC. The van der Waals surface area contributed by atoms with Crippen molar-refractivity contribution in [2.24, 2.45) is 0 Å². The first-order valence-electron chi connectivity index (χ1n) is 27.2. The van der Waals surface area contributed by atoms with Crippen molar-refractivity contribution in [1.82, 2.24) is 0 Å².